The van der Waals surface area contributed by atoms with Gasteiger partial charge >= 0.3 is 5.97 Å². The molecular weight excluding hydrogens is 258 g/mol. The molecule has 0 heterocycles. The fraction of sp³-hybridized carbons (Fsp3) is 0.467. The van der Waals surface area contributed by atoms with Crippen LogP contribution in [0.25, 0.3) is 0 Å². The molecule has 0 atom stereocenters. The predicted molar refractivity (Wildman–Crippen MR) is 74.1 cm³/mol. The van der Waals surface area contributed by atoms with Crippen LogP contribution in [-0.4, -0.2) is 29.2 Å². The number of anilines is 1. The first-order valence-electron chi connectivity index (χ1n) is 6.85. The Morgan fingerprint density at radius 2 is 1.80 bits per heavy atom. The Morgan fingerprint density at radius 3 is 2.45 bits per heavy atom. The van der Waals surface area contributed by atoms with Gasteiger partial charge in [-0.1, -0.05) is 24.6 Å². The van der Waals surface area contributed by atoms with Crippen molar-refractivity contribution in [2.24, 2.45) is 0 Å². The van der Waals surface area contributed by atoms with Gasteiger partial charge in [0.25, 0.3) is 5.91 Å². The van der Waals surface area contributed by atoms with Crippen molar-refractivity contribution in [2.75, 3.05) is 11.9 Å². The molecule has 0 bridgehead atoms. The van der Waals surface area contributed by atoms with Crippen LogP contribution in [0.5, 0.6) is 0 Å². The summed E-state index contributed by atoms with van der Waals surface area (Å²) < 4.78 is 4.92. The van der Waals surface area contributed by atoms with E-state index in [4.69, 9.17) is 4.74 Å². The first-order valence-corrected chi connectivity index (χ1v) is 6.85. The zero-order valence-electron chi connectivity index (χ0n) is 11.3. The van der Waals surface area contributed by atoms with E-state index in [9.17, 15) is 14.7 Å². The Morgan fingerprint density at radius 1 is 1.15 bits per heavy atom. The monoisotopic (exact) mass is 277 g/mol. The molecule has 1 fully saturated rings. The highest BCUT2D eigenvalue weighted by Gasteiger charge is 2.38. The van der Waals surface area contributed by atoms with E-state index < -0.39 is 17.5 Å². The molecule has 5 nitrogen and oxygen atoms in total. The van der Waals surface area contributed by atoms with Gasteiger partial charge in [0.05, 0.1) is 0 Å². The van der Waals surface area contributed by atoms with Gasteiger partial charge in [-0.3, -0.25) is 4.79 Å². The largest absolute Gasteiger partial charge is 0.453 e. The van der Waals surface area contributed by atoms with Crippen molar-refractivity contribution in [2.45, 2.75) is 37.7 Å². The van der Waals surface area contributed by atoms with Gasteiger partial charge in [-0.15, -0.1) is 0 Å². The molecule has 108 valence electrons. The fourth-order valence-corrected chi connectivity index (χ4v) is 2.32. The van der Waals surface area contributed by atoms with Gasteiger partial charge < -0.3 is 15.2 Å². The van der Waals surface area contributed by atoms with E-state index in [1.165, 1.54) is 0 Å². The van der Waals surface area contributed by atoms with Crippen molar-refractivity contribution in [3.8, 4) is 0 Å². The van der Waals surface area contributed by atoms with E-state index >= 15 is 0 Å². The van der Waals surface area contributed by atoms with Crippen molar-refractivity contribution < 1.29 is 19.4 Å². The average molecular weight is 277 g/mol. The third-order valence-corrected chi connectivity index (χ3v) is 3.45. The number of carbonyl (C=O) groups excluding carboxylic acids is 2. The second-order valence-corrected chi connectivity index (χ2v) is 5.08. The van der Waals surface area contributed by atoms with Crippen LogP contribution >= 0.6 is 0 Å². The maximum atomic E-state index is 11.8. The summed E-state index contributed by atoms with van der Waals surface area (Å²) in [7, 11) is 0. The standard InChI is InChI=1S/C15H19NO4/c17-13(16-12-7-3-1-4-8-12)11-20-14(18)15(19)9-5-2-6-10-15/h1,3-4,7-8,19H,2,5-6,9-11H2,(H,16,17). The smallest absolute Gasteiger partial charge is 0.338 e. The van der Waals surface area contributed by atoms with Crippen molar-refractivity contribution in [3.05, 3.63) is 30.3 Å². The molecule has 1 aliphatic rings. The topological polar surface area (TPSA) is 75.6 Å². The van der Waals surface area contributed by atoms with Crippen LogP contribution in [0, 0.1) is 0 Å². The van der Waals surface area contributed by atoms with Gasteiger partial charge in [0, 0.05) is 5.69 Å². The number of hydrogen-bond acceptors (Lipinski definition) is 4. The number of hydrogen-bond donors (Lipinski definition) is 2. The summed E-state index contributed by atoms with van der Waals surface area (Å²) in [6.45, 7) is -0.379. The normalized spacial score (nSPS) is 17.2. The minimum Gasteiger partial charge on any atom is -0.453 e. The number of amides is 1. The number of ether oxygens (including phenoxy) is 1. The van der Waals surface area contributed by atoms with E-state index in [0.717, 1.165) is 19.3 Å². The number of rotatable bonds is 4. The third-order valence-electron chi connectivity index (χ3n) is 3.45. The number of para-hydroxylation sites is 1. The maximum absolute atomic E-state index is 11.8. The van der Waals surface area contributed by atoms with Gasteiger partial charge in [0.1, 0.15) is 0 Å². The summed E-state index contributed by atoms with van der Waals surface area (Å²) in [6, 6.07) is 8.93. The molecular formula is C15H19NO4. The van der Waals surface area contributed by atoms with Crippen molar-refractivity contribution in [1.29, 1.82) is 0 Å². The lowest BCUT2D eigenvalue weighted by molar-refractivity contribution is -0.170. The predicted octanol–water partition coefficient (Wildman–Crippen LogP) is 1.86. The molecule has 1 aromatic rings. The van der Waals surface area contributed by atoms with E-state index in [1.807, 2.05) is 6.07 Å². The van der Waals surface area contributed by atoms with Gasteiger partial charge in [-0.05, 0) is 37.8 Å². The zero-order valence-corrected chi connectivity index (χ0v) is 11.3. The van der Waals surface area contributed by atoms with Crippen LogP contribution in [0.2, 0.25) is 0 Å². The van der Waals surface area contributed by atoms with E-state index in [0.29, 0.717) is 18.5 Å². The molecule has 1 aromatic carbocycles. The highest BCUT2D eigenvalue weighted by atomic mass is 16.6. The van der Waals surface area contributed by atoms with Crippen molar-refractivity contribution in [3.63, 3.8) is 0 Å². The highest BCUT2D eigenvalue weighted by molar-refractivity contribution is 5.93. The van der Waals surface area contributed by atoms with Crippen molar-refractivity contribution >= 4 is 17.6 Å². The number of aliphatic hydroxyl groups is 1. The van der Waals surface area contributed by atoms with Crippen LogP contribution in [0.15, 0.2) is 30.3 Å². The summed E-state index contributed by atoms with van der Waals surface area (Å²) in [5.74, 6) is -1.11. The minimum absolute atomic E-state index is 0.379. The lowest BCUT2D eigenvalue weighted by Gasteiger charge is -2.29. The Balaban J connectivity index is 1.79. The first-order chi connectivity index (χ1) is 9.60. The molecule has 0 aliphatic heterocycles. The molecule has 0 aromatic heterocycles. The summed E-state index contributed by atoms with van der Waals surface area (Å²) >= 11 is 0. The van der Waals surface area contributed by atoms with Gasteiger partial charge in [0.2, 0.25) is 0 Å². The number of esters is 1. The molecule has 0 spiro atoms. The molecule has 1 aliphatic carbocycles. The molecule has 5 heteroatoms. The molecule has 20 heavy (non-hydrogen) atoms. The van der Waals surface area contributed by atoms with Crippen LogP contribution in [0.4, 0.5) is 5.69 Å². The van der Waals surface area contributed by atoms with Gasteiger partial charge in [-0.2, -0.15) is 0 Å². The molecule has 2 N–H and O–H groups in total. The number of nitrogens with one attached hydrogen (secondary N) is 1. The molecule has 0 radical (unpaired) electrons. The van der Waals surface area contributed by atoms with Crippen LogP contribution in [0.3, 0.4) is 0 Å². The highest BCUT2D eigenvalue weighted by Crippen LogP contribution is 2.29. The Hall–Kier alpha value is -1.88. The number of carbonyl (C=O) groups is 2. The first kappa shape index (κ1) is 14.5. The Kier molecular flexibility index (Phi) is 4.74. The zero-order chi connectivity index (χ0) is 14.4. The molecule has 1 saturated carbocycles. The van der Waals surface area contributed by atoms with E-state index in [1.54, 1.807) is 24.3 Å². The summed E-state index contributed by atoms with van der Waals surface area (Å²) in [5.41, 5.74) is -0.768. The fourth-order valence-electron chi connectivity index (χ4n) is 2.32. The Bertz CT molecular complexity index is 466. The summed E-state index contributed by atoms with van der Waals surface area (Å²) in [6.07, 6.45) is 3.45. The summed E-state index contributed by atoms with van der Waals surface area (Å²) in [4.78, 5) is 23.5. The molecule has 1 amide bonds. The van der Waals surface area contributed by atoms with Gasteiger partial charge in [0.15, 0.2) is 12.2 Å². The quantitative estimate of drug-likeness (QED) is 0.824. The minimum atomic E-state index is -1.41. The van der Waals surface area contributed by atoms with Crippen LogP contribution in [0.1, 0.15) is 32.1 Å². The molecule has 0 unspecified atom stereocenters. The Labute approximate surface area is 117 Å². The lowest BCUT2D eigenvalue weighted by Crippen LogP contribution is -2.42. The van der Waals surface area contributed by atoms with Crippen LogP contribution in [-0.2, 0) is 14.3 Å². The average Bonchev–Trinajstić information content (AvgIpc) is 2.46. The molecule has 0 saturated heterocycles. The molecule has 2 rings (SSSR count). The lowest BCUT2D eigenvalue weighted by atomic mass is 9.85. The SMILES string of the molecule is O=C(COC(=O)C1(O)CCCCC1)Nc1ccccc1. The van der Waals surface area contributed by atoms with E-state index in [2.05, 4.69) is 5.32 Å². The second-order valence-electron chi connectivity index (χ2n) is 5.08. The van der Waals surface area contributed by atoms with Crippen LogP contribution < -0.4 is 5.32 Å². The van der Waals surface area contributed by atoms with Crippen molar-refractivity contribution in [1.82, 2.24) is 0 Å². The maximum Gasteiger partial charge on any atom is 0.338 e. The second kappa shape index (κ2) is 6.52. The van der Waals surface area contributed by atoms with Gasteiger partial charge in [-0.25, -0.2) is 4.79 Å². The third kappa shape index (κ3) is 3.81. The van der Waals surface area contributed by atoms with E-state index in [-0.39, 0.29) is 6.61 Å². The number of benzene rings is 1. The summed E-state index contributed by atoms with van der Waals surface area (Å²) in [5, 5.41) is 12.8.